The number of benzene rings is 1. The predicted molar refractivity (Wildman–Crippen MR) is 120 cm³/mol. The van der Waals surface area contributed by atoms with Crippen molar-refractivity contribution in [3.8, 4) is 11.8 Å². The zero-order valence-electron chi connectivity index (χ0n) is 17.7. The molecule has 2 fully saturated rings. The molecule has 1 spiro atoms. The SMILES string of the molecule is CC(C#N)N1Cc2cc(Cl)ccc2-n2c(nnc2N2CC3(CN(c4ncccn4)C3)C2)C1. The standard InChI is InChI=1S/C22H22ClN9/c1-15(8-24)29-9-16-7-17(23)3-4-18(16)32-19(10-29)27-28-21(32)31-13-22(14-31)11-30(12-22)20-25-5-2-6-26-20/h2-7,15H,9-14H2,1H3. The number of nitrogens with zero attached hydrogens (tertiary/aromatic N) is 9. The van der Waals surface area contributed by atoms with E-state index in [0.717, 1.165) is 55.2 Å². The topological polar surface area (TPSA) is 90.0 Å². The third-order valence-corrected chi connectivity index (χ3v) is 6.91. The third-order valence-electron chi connectivity index (χ3n) is 6.67. The average molecular weight is 448 g/mol. The van der Waals surface area contributed by atoms with Gasteiger partial charge >= 0.3 is 0 Å². The maximum Gasteiger partial charge on any atom is 0.231 e. The molecular formula is C22H22ClN9. The lowest BCUT2D eigenvalue weighted by Crippen LogP contribution is -2.73. The quantitative estimate of drug-likeness (QED) is 0.604. The summed E-state index contributed by atoms with van der Waals surface area (Å²) in [5.41, 5.74) is 2.36. The van der Waals surface area contributed by atoms with Crippen LogP contribution < -0.4 is 9.80 Å². The van der Waals surface area contributed by atoms with Crippen LogP contribution in [0.15, 0.2) is 36.7 Å². The first-order chi connectivity index (χ1) is 15.5. The fourth-order valence-corrected chi connectivity index (χ4v) is 5.23. The first-order valence-electron chi connectivity index (χ1n) is 10.7. The zero-order chi connectivity index (χ0) is 21.9. The molecule has 162 valence electrons. The minimum absolute atomic E-state index is 0.234. The van der Waals surface area contributed by atoms with E-state index in [1.54, 1.807) is 12.4 Å². The fraction of sp³-hybridized carbons (Fsp3) is 0.409. The van der Waals surface area contributed by atoms with Gasteiger partial charge in [0, 0.05) is 55.6 Å². The summed E-state index contributed by atoms with van der Waals surface area (Å²) >= 11 is 6.31. The van der Waals surface area contributed by atoms with Crippen LogP contribution in [0.3, 0.4) is 0 Å². The Labute approximate surface area is 190 Å². The summed E-state index contributed by atoms with van der Waals surface area (Å²) in [7, 11) is 0. The van der Waals surface area contributed by atoms with Crippen LogP contribution in [-0.4, -0.2) is 61.9 Å². The van der Waals surface area contributed by atoms with E-state index in [2.05, 4.69) is 45.5 Å². The average Bonchev–Trinajstić information content (AvgIpc) is 3.07. The highest BCUT2D eigenvalue weighted by Gasteiger charge is 2.53. The summed E-state index contributed by atoms with van der Waals surface area (Å²) in [5, 5.41) is 19.3. The van der Waals surface area contributed by atoms with E-state index in [-0.39, 0.29) is 11.5 Å². The van der Waals surface area contributed by atoms with Crippen molar-refractivity contribution in [3.63, 3.8) is 0 Å². The molecule has 0 saturated carbocycles. The lowest BCUT2D eigenvalue weighted by atomic mass is 9.73. The molecule has 1 unspecified atom stereocenters. The van der Waals surface area contributed by atoms with Gasteiger partial charge in [-0.3, -0.25) is 9.47 Å². The molecule has 0 radical (unpaired) electrons. The highest BCUT2D eigenvalue weighted by atomic mass is 35.5. The van der Waals surface area contributed by atoms with Crippen molar-refractivity contribution in [3.05, 3.63) is 53.1 Å². The molecule has 6 rings (SSSR count). The van der Waals surface area contributed by atoms with Gasteiger partial charge in [-0.05, 0) is 36.8 Å². The molecule has 0 N–H and O–H groups in total. The normalized spacial score (nSPS) is 19.9. The number of fused-ring (bicyclic) bond motifs is 3. The molecule has 9 nitrogen and oxygen atoms in total. The van der Waals surface area contributed by atoms with E-state index in [1.165, 1.54) is 0 Å². The van der Waals surface area contributed by atoms with Crippen LogP contribution in [0.5, 0.6) is 0 Å². The van der Waals surface area contributed by atoms with Crippen molar-refractivity contribution in [2.24, 2.45) is 5.41 Å². The van der Waals surface area contributed by atoms with Crippen molar-refractivity contribution < 1.29 is 0 Å². The molecule has 3 aliphatic rings. The summed E-state index contributed by atoms with van der Waals surface area (Å²) in [6.07, 6.45) is 3.57. The first kappa shape index (κ1) is 19.5. The van der Waals surface area contributed by atoms with E-state index >= 15 is 0 Å². The van der Waals surface area contributed by atoms with Crippen molar-refractivity contribution >= 4 is 23.5 Å². The Morgan fingerprint density at radius 1 is 1.06 bits per heavy atom. The lowest BCUT2D eigenvalue weighted by molar-refractivity contribution is 0.152. The number of hydrogen-bond acceptors (Lipinski definition) is 8. The van der Waals surface area contributed by atoms with Crippen molar-refractivity contribution in [1.29, 1.82) is 5.26 Å². The van der Waals surface area contributed by atoms with E-state index in [4.69, 9.17) is 11.6 Å². The van der Waals surface area contributed by atoms with Gasteiger partial charge in [0.1, 0.15) is 0 Å². The highest BCUT2D eigenvalue weighted by molar-refractivity contribution is 6.30. The summed E-state index contributed by atoms with van der Waals surface area (Å²) < 4.78 is 2.14. The maximum absolute atomic E-state index is 9.48. The van der Waals surface area contributed by atoms with Gasteiger partial charge in [0.05, 0.1) is 24.3 Å². The molecule has 5 heterocycles. The second-order valence-electron chi connectivity index (χ2n) is 9.00. The molecule has 0 amide bonds. The summed E-state index contributed by atoms with van der Waals surface area (Å²) in [4.78, 5) is 15.3. The van der Waals surface area contributed by atoms with Crippen molar-refractivity contribution in [2.45, 2.75) is 26.1 Å². The monoisotopic (exact) mass is 447 g/mol. The Kier molecular flexibility index (Phi) is 4.35. The molecule has 0 aliphatic carbocycles. The molecule has 3 aromatic rings. The van der Waals surface area contributed by atoms with Gasteiger partial charge in [-0.1, -0.05) is 11.6 Å². The molecule has 2 aromatic heterocycles. The second kappa shape index (κ2) is 7.15. The summed E-state index contributed by atoms with van der Waals surface area (Å²) in [5.74, 6) is 2.50. The van der Waals surface area contributed by atoms with Gasteiger partial charge in [-0.2, -0.15) is 5.26 Å². The molecule has 32 heavy (non-hydrogen) atoms. The summed E-state index contributed by atoms with van der Waals surface area (Å²) in [6.45, 7) is 6.87. The van der Waals surface area contributed by atoms with E-state index < -0.39 is 0 Å². The Morgan fingerprint density at radius 2 is 1.81 bits per heavy atom. The predicted octanol–water partition coefficient (Wildman–Crippen LogP) is 2.26. The Hall–Kier alpha value is -3.22. The maximum atomic E-state index is 9.48. The Bertz CT molecular complexity index is 1200. The molecular weight excluding hydrogens is 426 g/mol. The van der Waals surface area contributed by atoms with Gasteiger partial charge < -0.3 is 9.80 Å². The molecule has 0 bridgehead atoms. The largest absolute Gasteiger partial charge is 0.339 e. The number of halogens is 1. The van der Waals surface area contributed by atoms with Gasteiger partial charge in [0.2, 0.25) is 11.9 Å². The van der Waals surface area contributed by atoms with E-state index in [1.807, 2.05) is 31.2 Å². The molecule has 10 heteroatoms. The fourth-order valence-electron chi connectivity index (χ4n) is 5.04. The van der Waals surface area contributed by atoms with Crippen LogP contribution in [-0.2, 0) is 13.1 Å². The molecule has 1 atom stereocenters. The van der Waals surface area contributed by atoms with Crippen LogP contribution in [0, 0.1) is 16.7 Å². The number of nitriles is 1. The molecule has 1 aromatic carbocycles. The van der Waals surface area contributed by atoms with Crippen molar-refractivity contribution in [1.82, 2.24) is 29.6 Å². The third kappa shape index (κ3) is 3.02. The number of anilines is 2. The second-order valence-corrected chi connectivity index (χ2v) is 9.43. The van der Waals surface area contributed by atoms with Crippen LogP contribution in [0.2, 0.25) is 5.02 Å². The minimum Gasteiger partial charge on any atom is -0.339 e. The Balaban J connectivity index is 1.27. The number of aromatic nitrogens is 5. The van der Waals surface area contributed by atoms with E-state index in [9.17, 15) is 5.26 Å². The zero-order valence-corrected chi connectivity index (χ0v) is 18.4. The van der Waals surface area contributed by atoms with Gasteiger partial charge in [-0.15, -0.1) is 10.2 Å². The van der Waals surface area contributed by atoms with Gasteiger partial charge in [-0.25, -0.2) is 9.97 Å². The first-order valence-corrected chi connectivity index (χ1v) is 11.1. The number of rotatable bonds is 3. The Morgan fingerprint density at radius 3 is 2.56 bits per heavy atom. The lowest BCUT2D eigenvalue weighted by Gasteiger charge is -2.60. The molecule has 2 saturated heterocycles. The number of hydrogen-bond donors (Lipinski definition) is 0. The van der Waals surface area contributed by atoms with Crippen LogP contribution in [0.4, 0.5) is 11.9 Å². The molecule has 3 aliphatic heterocycles. The van der Waals surface area contributed by atoms with Crippen LogP contribution >= 0.6 is 11.6 Å². The van der Waals surface area contributed by atoms with Crippen molar-refractivity contribution in [2.75, 3.05) is 36.0 Å². The summed E-state index contributed by atoms with van der Waals surface area (Å²) in [6, 6.07) is 9.86. The van der Waals surface area contributed by atoms with Crippen LogP contribution in [0.25, 0.3) is 5.69 Å². The van der Waals surface area contributed by atoms with E-state index in [0.29, 0.717) is 18.1 Å². The van der Waals surface area contributed by atoms with Gasteiger partial charge in [0.15, 0.2) is 5.82 Å². The van der Waals surface area contributed by atoms with Crippen LogP contribution in [0.1, 0.15) is 18.3 Å². The smallest absolute Gasteiger partial charge is 0.231 e. The van der Waals surface area contributed by atoms with Gasteiger partial charge in [0.25, 0.3) is 0 Å². The minimum atomic E-state index is -0.234. The highest BCUT2D eigenvalue weighted by Crippen LogP contribution is 2.43.